The maximum Gasteiger partial charge on any atom is 0.193 e. The highest BCUT2D eigenvalue weighted by Crippen LogP contribution is 2.25. The summed E-state index contributed by atoms with van der Waals surface area (Å²) in [6, 6.07) is 14.6. The topological polar surface area (TPSA) is 40.8 Å². The third-order valence-electron chi connectivity index (χ3n) is 4.26. The van der Waals surface area contributed by atoms with Crippen molar-refractivity contribution in [3.63, 3.8) is 0 Å². The number of nitrogens with zero attached hydrogens (tertiary/aromatic N) is 2. The van der Waals surface area contributed by atoms with E-state index in [1.807, 2.05) is 30.9 Å². The van der Waals surface area contributed by atoms with Crippen molar-refractivity contribution >= 4 is 41.7 Å². The van der Waals surface area contributed by atoms with Crippen LogP contribution in [0.2, 0.25) is 0 Å². The monoisotopic (exact) mass is 471 g/mol. The Morgan fingerprint density at radius 2 is 2.12 bits per heavy atom. The number of hydrogen-bond donors (Lipinski definition) is 1. The molecule has 0 aliphatic carbocycles. The third-order valence-corrected chi connectivity index (χ3v) is 5.50. The van der Waals surface area contributed by atoms with Crippen molar-refractivity contribution in [2.75, 3.05) is 32.4 Å². The molecule has 25 heavy (non-hydrogen) atoms. The first-order valence-corrected chi connectivity index (χ1v) is 9.49. The van der Waals surface area contributed by atoms with Gasteiger partial charge in [-0.3, -0.25) is 4.99 Å². The number of nitrogens with one attached hydrogen (secondary N) is 1. The maximum absolute atomic E-state index is 5.37. The predicted molar refractivity (Wildman–Crippen MR) is 116 cm³/mol. The van der Waals surface area contributed by atoms with Crippen molar-refractivity contribution in [1.29, 1.82) is 0 Å². The fourth-order valence-electron chi connectivity index (χ4n) is 2.98. The molecular formula is C19H26IN3OS. The fourth-order valence-corrected chi connectivity index (χ4v) is 4.03. The average Bonchev–Trinajstić information content (AvgIpc) is 3.30. The largest absolute Gasteiger partial charge is 0.469 e. The molecule has 0 bridgehead atoms. The van der Waals surface area contributed by atoms with Gasteiger partial charge in [-0.25, -0.2) is 0 Å². The summed E-state index contributed by atoms with van der Waals surface area (Å²) >= 11 is 1.96. The summed E-state index contributed by atoms with van der Waals surface area (Å²) in [4.78, 5) is 8.17. The molecule has 0 spiro atoms. The molecule has 0 saturated carbocycles. The van der Waals surface area contributed by atoms with Crippen molar-refractivity contribution in [1.82, 2.24) is 10.2 Å². The Morgan fingerprint density at radius 3 is 2.84 bits per heavy atom. The van der Waals surface area contributed by atoms with E-state index in [2.05, 4.69) is 45.5 Å². The Balaban J connectivity index is 0.00000225. The summed E-state index contributed by atoms with van der Waals surface area (Å²) in [7, 11) is 1.86. The van der Waals surface area contributed by atoms with E-state index in [9.17, 15) is 0 Å². The van der Waals surface area contributed by atoms with Crippen LogP contribution in [0.1, 0.15) is 12.2 Å². The summed E-state index contributed by atoms with van der Waals surface area (Å²) in [5, 5.41) is 3.45. The molecule has 1 fully saturated rings. The fraction of sp³-hybridized carbons (Fsp3) is 0.421. The molecule has 1 saturated heterocycles. The highest BCUT2D eigenvalue weighted by molar-refractivity contribution is 14.0. The lowest BCUT2D eigenvalue weighted by atomic mass is 10.2. The first kappa shape index (κ1) is 20.2. The summed E-state index contributed by atoms with van der Waals surface area (Å²) in [6.45, 7) is 3.01. The Kier molecular flexibility index (Phi) is 8.67. The van der Waals surface area contributed by atoms with Crippen LogP contribution < -0.4 is 5.32 Å². The minimum absolute atomic E-state index is 0. The van der Waals surface area contributed by atoms with E-state index in [0.29, 0.717) is 0 Å². The number of likely N-dealkylation sites (tertiary alicyclic amines) is 1. The SMILES string of the molecule is CN=C(NCCc1ccco1)N1CCC(CSc2ccccc2)C1.I. The first-order valence-electron chi connectivity index (χ1n) is 8.51. The predicted octanol–water partition coefficient (Wildman–Crippen LogP) is 4.13. The van der Waals surface area contributed by atoms with Gasteiger partial charge in [-0.05, 0) is 36.6 Å². The summed E-state index contributed by atoms with van der Waals surface area (Å²) < 4.78 is 5.37. The number of hydrogen-bond acceptors (Lipinski definition) is 3. The molecule has 1 N–H and O–H groups in total. The molecule has 1 aromatic carbocycles. The number of benzene rings is 1. The van der Waals surface area contributed by atoms with Crippen molar-refractivity contribution in [2.45, 2.75) is 17.7 Å². The van der Waals surface area contributed by atoms with Gasteiger partial charge in [0.2, 0.25) is 0 Å². The number of thioether (sulfide) groups is 1. The van der Waals surface area contributed by atoms with Gasteiger partial charge in [0.1, 0.15) is 5.76 Å². The standard InChI is InChI=1S/C19H25N3OS.HI/c1-20-19(21-11-9-17-6-5-13-23-17)22-12-10-16(14-22)15-24-18-7-3-2-4-8-18;/h2-8,13,16H,9-12,14-15H2,1H3,(H,20,21);1H. The molecular weight excluding hydrogens is 445 g/mol. The zero-order valence-electron chi connectivity index (χ0n) is 14.6. The Labute approximate surface area is 171 Å². The number of furan rings is 1. The van der Waals surface area contributed by atoms with Crippen LogP contribution in [-0.2, 0) is 6.42 Å². The number of halogens is 1. The second kappa shape index (κ2) is 10.8. The molecule has 6 heteroatoms. The third kappa shape index (κ3) is 6.26. The number of rotatable bonds is 6. The summed E-state index contributed by atoms with van der Waals surface area (Å²) in [6.07, 6.45) is 3.84. The van der Waals surface area contributed by atoms with Gasteiger partial charge in [0.15, 0.2) is 5.96 Å². The maximum atomic E-state index is 5.37. The second-order valence-corrected chi connectivity index (χ2v) is 7.12. The molecule has 0 radical (unpaired) electrons. The van der Waals surface area contributed by atoms with Crippen LogP contribution in [0.15, 0.2) is 63.0 Å². The second-order valence-electron chi connectivity index (χ2n) is 6.03. The van der Waals surface area contributed by atoms with E-state index in [-0.39, 0.29) is 24.0 Å². The first-order chi connectivity index (χ1) is 11.8. The quantitative estimate of drug-likeness (QED) is 0.298. The van der Waals surface area contributed by atoms with Gasteiger partial charge in [-0.1, -0.05) is 18.2 Å². The van der Waals surface area contributed by atoms with E-state index in [0.717, 1.165) is 43.7 Å². The normalized spacial score (nSPS) is 17.4. The molecule has 1 unspecified atom stereocenters. The minimum Gasteiger partial charge on any atom is -0.469 e. The number of aliphatic imine (C=N–C) groups is 1. The lowest BCUT2D eigenvalue weighted by molar-refractivity contribution is 0.468. The van der Waals surface area contributed by atoms with Crippen molar-refractivity contribution < 1.29 is 4.42 Å². The van der Waals surface area contributed by atoms with Gasteiger partial charge in [0.05, 0.1) is 6.26 Å². The minimum atomic E-state index is 0. The zero-order valence-corrected chi connectivity index (χ0v) is 17.7. The van der Waals surface area contributed by atoms with Crippen molar-refractivity contribution in [3.05, 3.63) is 54.5 Å². The van der Waals surface area contributed by atoms with Crippen LogP contribution in [-0.4, -0.2) is 43.3 Å². The lowest BCUT2D eigenvalue weighted by Gasteiger charge is -2.21. The molecule has 4 nitrogen and oxygen atoms in total. The Hall–Kier alpha value is -1.15. The lowest BCUT2D eigenvalue weighted by Crippen LogP contribution is -2.41. The average molecular weight is 471 g/mol. The summed E-state index contributed by atoms with van der Waals surface area (Å²) in [5.41, 5.74) is 0. The number of guanidine groups is 1. The van der Waals surface area contributed by atoms with Crippen LogP contribution in [0.25, 0.3) is 0 Å². The molecule has 1 aromatic heterocycles. The molecule has 0 amide bonds. The van der Waals surface area contributed by atoms with E-state index >= 15 is 0 Å². The molecule has 1 aliphatic heterocycles. The van der Waals surface area contributed by atoms with Crippen molar-refractivity contribution in [2.24, 2.45) is 10.9 Å². The molecule has 136 valence electrons. The van der Waals surface area contributed by atoms with E-state index in [1.165, 1.54) is 17.1 Å². The molecule has 2 aromatic rings. The zero-order chi connectivity index (χ0) is 16.6. The highest BCUT2D eigenvalue weighted by atomic mass is 127. The van der Waals surface area contributed by atoms with Crippen LogP contribution in [0, 0.1) is 5.92 Å². The van der Waals surface area contributed by atoms with E-state index < -0.39 is 0 Å². The van der Waals surface area contributed by atoms with Crippen molar-refractivity contribution in [3.8, 4) is 0 Å². The Morgan fingerprint density at radius 1 is 1.28 bits per heavy atom. The van der Waals surface area contributed by atoms with Gasteiger partial charge >= 0.3 is 0 Å². The van der Waals surface area contributed by atoms with Crippen LogP contribution in [0.4, 0.5) is 0 Å². The van der Waals surface area contributed by atoms with Gasteiger partial charge < -0.3 is 14.6 Å². The molecule has 1 atom stereocenters. The summed E-state index contributed by atoms with van der Waals surface area (Å²) in [5.74, 6) is 3.91. The molecule has 2 heterocycles. The van der Waals surface area contributed by atoms with Crippen LogP contribution in [0.5, 0.6) is 0 Å². The molecule has 3 rings (SSSR count). The van der Waals surface area contributed by atoms with E-state index in [1.54, 1.807) is 6.26 Å². The van der Waals surface area contributed by atoms with Gasteiger partial charge in [-0.15, -0.1) is 35.7 Å². The van der Waals surface area contributed by atoms with Crippen LogP contribution in [0.3, 0.4) is 0 Å². The van der Waals surface area contributed by atoms with Gasteiger partial charge in [-0.2, -0.15) is 0 Å². The molecule has 1 aliphatic rings. The van der Waals surface area contributed by atoms with Crippen LogP contribution >= 0.6 is 35.7 Å². The van der Waals surface area contributed by atoms with Gasteiger partial charge in [0.25, 0.3) is 0 Å². The Bertz CT molecular complexity index is 633. The smallest absolute Gasteiger partial charge is 0.193 e. The highest BCUT2D eigenvalue weighted by Gasteiger charge is 2.24. The van der Waals surface area contributed by atoms with Gasteiger partial charge in [0, 0.05) is 43.8 Å². The van der Waals surface area contributed by atoms with E-state index in [4.69, 9.17) is 4.42 Å².